The summed E-state index contributed by atoms with van der Waals surface area (Å²) in [7, 11) is 1.57. The van der Waals surface area contributed by atoms with E-state index in [0.717, 1.165) is 0 Å². The normalized spacial score (nSPS) is 13.3. The molecule has 3 rings (SSSR count). The topological polar surface area (TPSA) is 77.4 Å². The van der Waals surface area contributed by atoms with Gasteiger partial charge in [-0.05, 0) is 50.1 Å². The molecule has 1 N–H and O–H groups in total. The Balaban J connectivity index is 2.25. The van der Waals surface area contributed by atoms with Crippen molar-refractivity contribution in [2.75, 3.05) is 13.7 Å². The van der Waals surface area contributed by atoms with Crippen LogP contribution in [0.15, 0.2) is 35.1 Å². The predicted octanol–water partition coefficient (Wildman–Crippen LogP) is 2.11. The highest BCUT2D eigenvalue weighted by atomic mass is 16.5. The number of pyridine rings is 1. The molecule has 6 heteroatoms. The van der Waals surface area contributed by atoms with E-state index < -0.39 is 11.5 Å². The van der Waals surface area contributed by atoms with E-state index >= 15 is 0 Å². The molecular weight excluding hydrogens is 320 g/mol. The Morgan fingerprint density at radius 1 is 1.20 bits per heavy atom. The van der Waals surface area contributed by atoms with Crippen molar-refractivity contribution in [3.63, 3.8) is 0 Å². The monoisotopic (exact) mass is 340 g/mol. The molecular formula is C19H20N2O4. The van der Waals surface area contributed by atoms with Gasteiger partial charge in [0.05, 0.1) is 7.11 Å². The number of aromatic nitrogens is 1. The van der Waals surface area contributed by atoms with Gasteiger partial charge < -0.3 is 10.1 Å². The summed E-state index contributed by atoms with van der Waals surface area (Å²) in [5, 5.41) is 2.64. The first-order valence-corrected chi connectivity index (χ1v) is 8.31. The molecule has 130 valence electrons. The minimum atomic E-state index is -0.462. The summed E-state index contributed by atoms with van der Waals surface area (Å²) >= 11 is 0. The van der Waals surface area contributed by atoms with Crippen LogP contribution >= 0.6 is 0 Å². The van der Waals surface area contributed by atoms with Crippen molar-refractivity contribution in [2.24, 2.45) is 0 Å². The van der Waals surface area contributed by atoms with Crippen molar-refractivity contribution >= 4 is 11.7 Å². The summed E-state index contributed by atoms with van der Waals surface area (Å²) < 4.78 is 6.64. The van der Waals surface area contributed by atoms with E-state index in [4.69, 9.17) is 4.74 Å². The number of nitrogens with one attached hydrogen (secondary N) is 1. The zero-order valence-corrected chi connectivity index (χ0v) is 14.3. The number of fused-ring (bicyclic) bond motifs is 1. The van der Waals surface area contributed by atoms with Crippen LogP contribution in [0.25, 0.3) is 5.69 Å². The van der Waals surface area contributed by atoms with E-state index in [1.165, 1.54) is 10.6 Å². The lowest BCUT2D eigenvalue weighted by Crippen LogP contribution is -2.36. The Morgan fingerprint density at radius 2 is 1.92 bits per heavy atom. The molecule has 25 heavy (non-hydrogen) atoms. The SMILES string of the molecule is CCNC(=O)c1cc2c(n(-c3ccc(OC)cc3)c1=O)CCCC2=O. The van der Waals surface area contributed by atoms with E-state index in [2.05, 4.69) is 5.32 Å². The molecule has 1 aromatic carbocycles. The van der Waals surface area contributed by atoms with Gasteiger partial charge in [0, 0.05) is 29.9 Å². The lowest BCUT2D eigenvalue weighted by Gasteiger charge is -2.21. The maximum atomic E-state index is 13.0. The number of rotatable bonds is 4. The molecule has 2 aromatic rings. The Labute approximate surface area is 145 Å². The summed E-state index contributed by atoms with van der Waals surface area (Å²) in [5.41, 5.74) is 1.32. The predicted molar refractivity (Wildman–Crippen MR) is 93.9 cm³/mol. The third kappa shape index (κ3) is 3.07. The molecule has 0 saturated heterocycles. The number of nitrogens with zero attached hydrogens (tertiary/aromatic N) is 1. The van der Waals surface area contributed by atoms with Gasteiger partial charge in [0.25, 0.3) is 11.5 Å². The van der Waals surface area contributed by atoms with Crippen molar-refractivity contribution in [1.29, 1.82) is 0 Å². The number of carbonyl (C=O) groups is 2. The third-order valence-corrected chi connectivity index (χ3v) is 4.33. The fourth-order valence-electron chi connectivity index (χ4n) is 3.11. The van der Waals surface area contributed by atoms with Crippen molar-refractivity contribution in [2.45, 2.75) is 26.2 Å². The average molecular weight is 340 g/mol. The summed E-state index contributed by atoms with van der Waals surface area (Å²) in [5.74, 6) is 0.173. The molecule has 0 radical (unpaired) electrons. The van der Waals surface area contributed by atoms with E-state index in [0.29, 0.717) is 48.5 Å². The van der Waals surface area contributed by atoms with Crippen molar-refractivity contribution in [3.05, 3.63) is 57.5 Å². The molecule has 1 aliphatic rings. The molecule has 0 saturated carbocycles. The van der Waals surface area contributed by atoms with E-state index in [1.54, 1.807) is 38.3 Å². The van der Waals surface area contributed by atoms with Crippen LogP contribution in [0.2, 0.25) is 0 Å². The van der Waals surface area contributed by atoms with Gasteiger partial charge in [0.15, 0.2) is 5.78 Å². The van der Waals surface area contributed by atoms with Crippen LogP contribution in [0.4, 0.5) is 0 Å². The standard InChI is InChI=1S/C19H20N2O4/c1-3-20-18(23)15-11-14-16(5-4-6-17(14)22)21(19(15)24)12-7-9-13(25-2)10-8-12/h7-11H,3-6H2,1-2H3,(H,20,23). The number of hydrogen-bond acceptors (Lipinski definition) is 4. The first-order chi connectivity index (χ1) is 12.1. The second-order valence-corrected chi connectivity index (χ2v) is 5.89. The molecule has 1 aromatic heterocycles. The summed E-state index contributed by atoms with van der Waals surface area (Å²) in [4.78, 5) is 37.6. The highest BCUT2D eigenvalue weighted by molar-refractivity contribution is 6.01. The smallest absolute Gasteiger partial charge is 0.268 e. The number of amides is 1. The number of benzene rings is 1. The van der Waals surface area contributed by atoms with Crippen LogP contribution < -0.4 is 15.6 Å². The fourth-order valence-corrected chi connectivity index (χ4v) is 3.11. The van der Waals surface area contributed by atoms with Crippen LogP contribution in [-0.2, 0) is 6.42 Å². The van der Waals surface area contributed by atoms with Crippen molar-refractivity contribution < 1.29 is 14.3 Å². The number of carbonyl (C=O) groups excluding carboxylic acids is 2. The van der Waals surface area contributed by atoms with E-state index in [9.17, 15) is 14.4 Å². The number of Topliss-reactive ketones (excluding diaryl/α,β-unsaturated/α-hetero) is 1. The zero-order valence-electron chi connectivity index (χ0n) is 14.3. The summed E-state index contributed by atoms with van der Waals surface area (Å²) in [6, 6.07) is 8.45. The second-order valence-electron chi connectivity index (χ2n) is 5.89. The van der Waals surface area contributed by atoms with Crippen LogP contribution in [0.5, 0.6) is 5.75 Å². The first-order valence-electron chi connectivity index (χ1n) is 8.31. The third-order valence-electron chi connectivity index (χ3n) is 4.33. The van der Waals surface area contributed by atoms with Gasteiger partial charge in [-0.2, -0.15) is 0 Å². The van der Waals surface area contributed by atoms with E-state index in [1.807, 2.05) is 0 Å². The van der Waals surface area contributed by atoms with Crippen LogP contribution in [0, 0.1) is 0 Å². The molecule has 1 heterocycles. The molecule has 1 aliphatic carbocycles. The first kappa shape index (κ1) is 17.0. The Kier molecular flexibility index (Phi) is 4.70. The van der Waals surface area contributed by atoms with Gasteiger partial charge in [0.1, 0.15) is 11.3 Å². The van der Waals surface area contributed by atoms with Gasteiger partial charge in [-0.25, -0.2) is 0 Å². The number of ether oxygens (including phenoxy) is 1. The van der Waals surface area contributed by atoms with Gasteiger partial charge >= 0.3 is 0 Å². The largest absolute Gasteiger partial charge is 0.497 e. The minimum absolute atomic E-state index is 0.00771. The molecule has 0 spiro atoms. The zero-order chi connectivity index (χ0) is 18.0. The van der Waals surface area contributed by atoms with E-state index in [-0.39, 0.29) is 11.3 Å². The Morgan fingerprint density at radius 3 is 2.56 bits per heavy atom. The lowest BCUT2D eigenvalue weighted by atomic mass is 9.92. The molecule has 0 atom stereocenters. The fraction of sp³-hybridized carbons (Fsp3) is 0.316. The minimum Gasteiger partial charge on any atom is -0.497 e. The second kappa shape index (κ2) is 6.93. The molecule has 0 aliphatic heterocycles. The van der Waals surface area contributed by atoms with Gasteiger partial charge in [0.2, 0.25) is 0 Å². The van der Waals surface area contributed by atoms with Crippen LogP contribution in [0.3, 0.4) is 0 Å². The molecule has 6 nitrogen and oxygen atoms in total. The van der Waals surface area contributed by atoms with Gasteiger partial charge in [-0.1, -0.05) is 0 Å². The molecule has 0 unspecified atom stereocenters. The average Bonchev–Trinajstić information content (AvgIpc) is 2.62. The van der Waals surface area contributed by atoms with Gasteiger partial charge in [-0.3, -0.25) is 19.0 Å². The van der Waals surface area contributed by atoms with Crippen LogP contribution in [-0.4, -0.2) is 29.9 Å². The highest BCUT2D eigenvalue weighted by Crippen LogP contribution is 2.24. The van der Waals surface area contributed by atoms with Crippen molar-refractivity contribution in [3.8, 4) is 11.4 Å². The number of methoxy groups -OCH3 is 1. The van der Waals surface area contributed by atoms with Gasteiger partial charge in [-0.15, -0.1) is 0 Å². The maximum Gasteiger partial charge on any atom is 0.268 e. The lowest BCUT2D eigenvalue weighted by molar-refractivity contribution is 0.0954. The number of ketones is 1. The molecule has 1 amide bonds. The Bertz CT molecular complexity index is 882. The summed E-state index contributed by atoms with van der Waals surface area (Å²) in [6.07, 6.45) is 1.75. The maximum absolute atomic E-state index is 13.0. The molecule has 0 bridgehead atoms. The number of hydrogen-bond donors (Lipinski definition) is 1. The summed E-state index contributed by atoms with van der Waals surface area (Å²) in [6.45, 7) is 2.19. The van der Waals surface area contributed by atoms with Crippen molar-refractivity contribution in [1.82, 2.24) is 9.88 Å². The quantitative estimate of drug-likeness (QED) is 0.925. The van der Waals surface area contributed by atoms with Crippen LogP contribution in [0.1, 0.15) is 46.2 Å². The Hall–Kier alpha value is -2.89. The molecule has 0 fully saturated rings. The highest BCUT2D eigenvalue weighted by Gasteiger charge is 2.26.